The molecule has 126 valence electrons. The van der Waals surface area contributed by atoms with E-state index < -0.39 is 4.92 Å². The molecule has 2 aromatic heterocycles. The van der Waals surface area contributed by atoms with Crippen molar-refractivity contribution in [2.45, 2.75) is 25.8 Å². The van der Waals surface area contributed by atoms with Gasteiger partial charge in [0.15, 0.2) is 5.69 Å². The number of nitrogens with one attached hydrogen (secondary N) is 1. The van der Waals surface area contributed by atoms with Crippen LogP contribution in [0, 0.1) is 17.0 Å². The second kappa shape index (κ2) is 6.65. The highest BCUT2D eigenvalue weighted by atomic mass is 16.6. The van der Waals surface area contributed by atoms with Gasteiger partial charge in [-0.15, -0.1) is 0 Å². The SMILES string of the molecule is Cc1cc(C(=O)NC2CCN(c3ncccc3[N+](=O)[O-])CC2)no1. The van der Waals surface area contributed by atoms with Crippen molar-refractivity contribution in [2.75, 3.05) is 18.0 Å². The van der Waals surface area contributed by atoms with Crippen molar-refractivity contribution in [1.82, 2.24) is 15.5 Å². The molecular weight excluding hydrogens is 314 g/mol. The number of rotatable bonds is 4. The van der Waals surface area contributed by atoms with E-state index in [1.54, 1.807) is 25.3 Å². The number of hydrogen-bond acceptors (Lipinski definition) is 7. The van der Waals surface area contributed by atoms with Crippen LogP contribution in [0.2, 0.25) is 0 Å². The zero-order valence-electron chi connectivity index (χ0n) is 13.1. The summed E-state index contributed by atoms with van der Waals surface area (Å²) in [6, 6.07) is 4.58. The number of pyridine rings is 1. The van der Waals surface area contributed by atoms with E-state index in [9.17, 15) is 14.9 Å². The Morgan fingerprint density at radius 3 is 2.83 bits per heavy atom. The minimum absolute atomic E-state index is 0.00180. The Hall–Kier alpha value is -2.97. The zero-order chi connectivity index (χ0) is 17.1. The molecule has 0 bridgehead atoms. The van der Waals surface area contributed by atoms with Gasteiger partial charge in [0.1, 0.15) is 5.76 Å². The number of amides is 1. The van der Waals surface area contributed by atoms with E-state index in [0.717, 1.165) is 0 Å². The maximum Gasteiger partial charge on any atom is 0.311 e. The fourth-order valence-electron chi connectivity index (χ4n) is 2.74. The summed E-state index contributed by atoms with van der Waals surface area (Å²) in [4.78, 5) is 28.8. The maximum absolute atomic E-state index is 12.1. The van der Waals surface area contributed by atoms with Gasteiger partial charge in [0.2, 0.25) is 5.82 Å². The number of carbonyl (C=O) groups excluding carboxylic acids is 1. The smallest absolute Gasteiger partial charge is 0.311 e. The summed E-state index contributed by atoms with van der Waals surface area (Å²) in [6.07, 6.45) is 2.90. The third kappa shape index (κ3) is 3.34. The largest absolute Gasteiger partial charge is 0.361 e. The Labute approximate surface area is 137 Å². The summed E-state index contributed by atoms with van der Waals surface area (Å²) < 4.78 is 4.89. The molecule has 9 nitrogen and oxygen atoms in total. The third-order valence-corrected chi connectivity index (χ3v) is 3.95. The molecule has 1 amide bonds. The van der Waals surface area contributed by atoms with Crippen LogP contribution in [0.15, 0.2) is 28.9 Å². The lowest BCUT2D eigenvalue weighted by atomic mass is 10.0. The summed E-state index contributed by atoms with van der Waals surface area (Å²) in [5.74, 6) is 0.686. The van der Waals surface area contributed by atoms with Gasteiger partial charge in [-0.25, -0.2) is 4.98 Å². The lowest BCUT2D eigenvalue weighted by molar-refractivity contribution is -0.384. The Morgan fingerprint density at radius 2 is 2.21 bits per heavy atom. The highest BCUT2D eigenvalue weighted by Crippen LogP contribution is 2.27. The number of piperidine rings is 1. The van der Waals surface area contributed by atoms with Crippen molar-refractivity contribution in [2.24, 2.45) is 0 Å². The molecule has 24 heavy (non-hydrogen) atoms. The first-order valence-electron chi connectivity index (χ1n) is 7.63. The third-order valence-electron chi connectivity index (χ3n) is 3.95. The molecule has 1 fully saturated rings. The summed E-state index contributed by atoms with van der Waals surface area (Å²) in [7, 11) is 0. The number of carbonyl (C=O) groups is 1. The van der Waals surface area contributed by atoms with Crippen molar-refractivity contribution < 1.29 is 14.2 Å². The summed E-state index contributed by atoms with van der Waals surface area (Å²) in [6.45, 7) is 2.89. The normalized spacial score (nSPS) is 15.3. The standard InChI is InChI=1S/C15H17N5O4/c1-10-9-12(18-24-10)15(21)17-11-4-7-19(8-5-11)14-13(20(22)23)3-2-6-16-14/h2-3,6,9,11H,4-5,7-8H2,1H3,(H,17,21). The van der Waals surface area contributed by atoms with Crippen LogP contribution in [0.4, 0.5) is 11.5 Å². The molecule has 1 saturated heterocycles. The van der Waals surface area contributed by atoms with Gasteiger partial charge in [-0.1, -0.05) is 5.16 Å². The van der Waals surface area contributed by atoms with Crippen molar-refractivity contribution in [3.63, 3.8) is 0 Å². The van der Waals surface area contributed by atoms with E-state index in [-0.39, 0.29) is 23.3 Å². The minimum Gasteiger partial charge on any atom is -0.361 e. The molecule has 1 aliphatic rings. The molecule has 2 aromatic rings. The van der Waals surface area contributed by atoms with Gasteiger partial charge in [-0.05, 0) is 25.8 Å². The lowest BCUT2D eigenvalue weighted by Gasteiger charge is -2.32. The van der Waals surface area contributed by atoms with Crippen LogP contribution in [0.3, 0.4) is 0 Å². The quantitative estimate of drug-likeness (QED) is 0.669. The van der Waals surface area contributed by atoms with Gasteiger partial charge in [-0.3, -0.25) is 14.9 Å². The van der Waals surface area contributed by atoms with Crippen molar-refractivity contribution >= 4 is 17.4 Å². The molecule has 0 saturated carbocycles. The van der Waals surface area contributed by atoms with Crippen LogP contribution >= 0.6 is 0 Å². The Bertz CT molecular complexity index is 752. The number of anilines is 1. The predicted octanol–water partition coefficient (Wildman–Crippen LogP) is 1.69. The second-order valence-electron chi connectivity index (χ2n) is 5.66. The lowest BCUT2D eigenvalue weighted by Crippen LogP contribution is -2.45. The van der Waals surface area contributed by atoms with E-state index in [4.69, 9.17) is 4.52 Å². The summed E-state index contributed by atoms with van der Waals surface area (Å²) in [5, 5.41) is 17.7. The van der Waals surface area contributed by atoms with Crippen LogP contribution in [-0.2, 0) is 0 Å². The summed E-state index contributed by atoms with van der Waals surface area (Å²) >= 11 is 0. The summed E-state index contributed by atoms with van der Waals surface area (Å²) in [5.41, 5.74) is 0.258. The fraction of sp³-hybridized carbons (Fsp3) is 0.400. The maximum atomic E-state index is 12.1. The number of aromatic nitrogens is 2. The molecule has 0 aliphatic carbocycles. The highest BCUT2D eigenvalue weighted by Gasteiger charge is 2.27. The van der Waals surface area contributed by atoms with E-state index >= 15 is 0 Å². The molecule has 0 radical (unpaired) electrons. The molecule has 0 atom stereocenters. The van der Waals surface area contributed by atoms with Crippen molar-refractivity contribution in [3.8, 4) is 0 Å². The Morgan fingerprint density at radius 1 is 1.46 bits per heavy atom. The van der Waals surface area contributed by atoms with Crippen LogP contribution in [-0.4, -0.2) is 40.1 Å². The molecule has 0 unspecified atom stereocenters. The van der Waals surface area contributed by atoms with E-state index in [2.05, 4.69) is 15.5 Å². The van der Waals surface area contributed by atoms with E-state index in [0.29, 0.717) is 37.5 Å². The average Bonchev–Trinajstić information content (AvgIpc) is 3.02. The first-order valence-corrected chi connectivity index (χ1v) is 7.63. The fourth-order valence-corrected chi connectivity index (χ4v) is 2.74. The molecule has 3 heterocycles. The first kappa shape index (κ1) is 15.9. The van der Waals surface area contributed by atoms with Gasteiger partial charge in [0.05, 0.1) is 4.92 Å². The molecule has 3 rings (SSSR count). The number of nitro groups is 1. The van der Waals surface area contributed by atoms with Crippen molar-refractivity contribution in [3.05, 3.63) is 46.0 Å². The zero-order valence-corrected chi connectivity index (χ0v) is 13.1. The monoisotopic (exact) mass is 331 g/mol. The highest BCUT2D eigenvalue weighted by molar-refractivity contribution is 5.92. The second-order valence-corrected chi connectivity index (χ2v) is 5.66. The number of nitrogens with zero attached hydrogens (tertiary/aromatic N) is 4. The van der Waals surface area contributed by atoms with Gasteiger partial charge in [-0.2, -0.15) is 0 Å². The Balaban J connectivity index is 1.60. The molecule has 0 aromatic carbocycles. The van der Waals surface area contributed by atoms with E-state index in [1.165, 1.54) is 6.07 Å². The van der Waals surface area contributed by atoms with Crippen LogP contribution in [0.1, 0.15) is 29.1 Å². The average molecular weight is 331 g/mol. The molecular formula is C15H17N5O4. The minimum atomic E-state index is -0.427. The van der Waals surface area contributed by atoms with E-state index in [1.807, 2.05) is 4.90 Å². The molecule has 1 aliphatic heterocycles. The van der Waals surface area contributed by atoms with Gasteiger partial charge >= 0.3 is 5.69 Å². The van der Waals surface area contributed by atoms with Gasteiger partial charge in [0.25, 0.3) is 5.91 Å². The van der Waals surface area contributed by atoms with Crippen LogP contribution in [0.5, 0.6) is 0 Å². The number of aryl methyl sites for hydroxylation is 1. The first-order chi connectivity index (χ1) is 11.5. The Kier molecular flexibility index (Phi) is 4.41. The van der Waals surface area contributed by atoms with Crippen molar-refractivity contribution in [1.29, 1.82) is 0 Å². The predicted molar refractivity (Wildman–Crippen MR) is 84.8 cm³/mol. The molecule has 1 N–H and O–H groups in total. The number of hydrogen-bond donors (Lipinski definition) is 1. The molecule has 9 heteroatoms. The van der Waals surface area contributed by atoms with Crippen LogP contribution < -0.4 is 10.2 Å². The topological polar surface area (TPSA) is 114 Å². The molecule has 0 spiro atoms. The van der Waals surface area contributed by atoms with Gasteiger partial charge < -0.3 is 14.7 Å². The van der Waals surface area contributed by atoms with Gasteiger partial charge in [0, 0.05) is 37.5 Å². The van der Waals surface area contributed by atoms with Crippen LogP contribution in [0.25, 0.3) is 0 Å².